The fourth-order valence-electron chi connectivity index (χ4n) is 5.27. The maximum absolute atomic E-state index is 14.5. The minimum atomic E-state index is -0.939. The van der Waals surface area contributed by atoms with Gasteiger partial charge in [-0.25, -0.2) is 4.39 Å². The van der Waals surface area contributed by atoms with Gasteiger partial charge in [-0.3, -0.25) is 0 Å². The molecule has 1 aliphatic heterocycles. The van der Waals surface area contributed by atoms with Gasteiger partial charge in [0.1, 0.15) is 6.10 Å². The molecule has 1 atom stereocenters. The molecular weight excluding hydrogens is 406 g/mol. The molecule has 2 aromatic rings. The van der Waals surface area contributed by atoms with Crippen molar-refractivity contribution < 1.29 is 18.3 Å². The molecule has 1 aliphatic carbocycles. The van der Waals surface area contributed by atoms with Crippen LogP contribution >= 0.6 is 0 Å². The lowest BCUT2D eigenvalue weighted by Crippen LogP contribution is -2.19. The summed E-state index contributed by atoms with van der Waals surface area (Å²) >= 11 is 0. The van der Waals surface area contributed by atoms with Gasteiger partial charge in [0, 0.05) is 5.56 Å². The van der Waals surface area contributed by atoms with Crippen molar-refractivity contribution in [2.45, 2.75) is 71.3 Å². The zero-order valence-corrected chi connectivity index (χ0v) is 19.2. The molecule has 1 heterocycles. The maximum atomic E-state index is 14.5. The second-order valence-corrected chi connectivity index (χ2v) is 9.16. The molecule has 0 N–H and O–H groups in total. The zero-order chi connectivity index (χ0) is 22.5. The summed E-state index contributed by atoms with van der Waals surface area (Å²) in [6.07, 6.45) is 12.0. The molecule has 1 fully saturated rings. The molecule has 1 saturated carbocycles. The first-order valence-corrected chi connectivity index (χ1v) is 12.2. The monoisotopic (exact) mass is 440 g/mol. The van der Waals surface area contributed by atoms with Gasteiger partial charge in [0.15, 0.2) is 11.6 Å². The van der Waals surface area contributed by atoms with Gasteiger partial charge in [-0.1, -0.05) is 44.0 Å². The molecule has 172 valence electrons. The highest BCUT2D eigenvalue weighted by molar-refractivity contribution is 5.65. The predicted molar refractivity (Wildman–Crippen MR) is 124 cm³/mol. The second-order valence-electron chi connectivity index (χ2n) is 9.16. The van der Waals surface area contributed by atoms with E-state index in [2.05, 4.69) is 6.92 Å². The summed E-state index contributed by atoms with van der Waals surface area (Å²) in [5, 5.41) is 0. The van der Waals surface area contributed by atoms with Crippen LogP contribution in [0, 0.1) is 23.5 Å². The van der Waals surface area contributed by atoms with E-state index in [-0.39, 0.29) is 17.4 Å². The van der Waals surface area contributed by atoms with E-state index in [0.29, 0.717) is 18.1 Å². The Labute approximate surface area is 190 Å². The Morgan fingerprint density at radius 2 is 1.66 bits per heavy atom. The van der Waals surface area contributed by atoms with Gasteiger partial charge in [0.2, 0.25) is 5.82 Å². The Morgan fingerprint density at radius 1 is 0.906 bits per heavy atom. The summed E-state index contributed by atoms with van der Waals surface area (Å²) in [7, 11) is 0. The average molecular weight is 441 g/mol. The van der Waals surface area contributed by atoms with E-state index < -0.39 is 11.6 Å². The van der Waals surface area contributed by atoms with Crippen LogP contribution in [0.4, 0.5) is 8.78 Å². The summed E-state index contributed by atoms with van der Waals surface area (Å²) in [5.74, 6) is -0.267. The van der Waals surface area contributed by atoms with Crippen LogP contribution in [0.25, 0.3) is 11.1 Å². The summed E-state index contributed by atoms with van der Waals surface area (Å²) in [5.41, 5.74) is 3.43. The summed E-state index contributed by atoms with van der Waals surface area (Å²) in [6.45, 7) is 4.32. The Balaban J connectivity index is 1.39. The highest BCUT2D eigenvalue weighted by Crippen LogP contribution is 2.41. The number of ether oxygens (including phenoxy) is 2. The third-order valence-corrected chi connectivity index (χ3v) is 7.09. The minimum Gasteiger partial charge on any atom is -0.493 e. The van der Waals surface area contributed by atoms with E-state index in [1.54, 1.807) is 13.0 Å². The maximum Gasteiger partial charge on any atom is 0.201 e. The molecule has 0 aromatic heterocycles. The standard InChI is InChI=1S/C28H34F2O2/c1-3-5-19-6-8-20(9-7-19)23-14-16-25(32-18-23)22-12-10-21(11-13-22)24-15-17-26(31-4-2)28(30)27(24)29/h10-13,15,17-20,25H,3-9,14,16H2,1-2H3. The van der Waals surface area contributed by atoms with Gasteiger partial charge in [-0.05, 0) is 86.1 Å². The molecule has 1 unspecified atom stereocenters. The molecule has 2 nitrogen and oxygen atoms in total. The van der Waals surface area contributed by atoms with E-state index in [1.165, 1.54) is 50.2 Å². The van der Waals surface area contributed by atoms with Crippen molar-refractivity contribution in [1.29, 1.82) is 0 Å². The molecule has 0 spiro atoms. The van der Waals surface area contributed by atoms with E-state index in [1.807, 2.05) is 30.5 Å². The van der Waals surface area contributed by atoms with Gasteiger partial charge >= 0.3 is 0 Å². The first kappa shape index (κ1) is 22.8. The van der Waals surface area contributed by atoms with Crippen LogP contribution in [0.3, 0.4) is 0 Å². The van der Waals surface area contributed by atoms with Crippen LogP contribution < -0.4 is 4.74 Å². The highest BCUT2D eigenvalue weighted by atomic mass is 19.2. The molecule has 4 rings (SSSR count). The first-order chi connectivity index (χ1) is 15.6. The molecule has 4 heteroatoms. The van der Waals surface area contributed by atoms with Crippen LogP contribution in [0.5, 0.6) is 5.75 Å². The third kappa shape index (κ3) is 5.00. The Kier molecular flexibility index (Phi) is 7.49. The number of hydrogen-bond acceptors (Lipinski definition) is 2. The zero-order valence-electron chi connectivity index (χ0n) is 19.2. The lowest BCUT2D eigenvalue weighted by atomic mass is 9.76. The van der Waals surface area contributed by atoms with Crippen molar-refractivity contribution in [1.82, 2.24) is 0 Å². The highest BCUT2D eigenvalue weighted by Gasteiger charge is 2.27. The lowest BCUT2D eigenvalue weighted by Gasteiger charge is -2.33. The molecule has 0 bridgehead atoms. The van der Waals surface area contributed by atoms with Gasteiger partial charge in [-0.2, -0.15) is 4.39 Å². The molecule has 0 saturated heterocycles. The predicted octanol–water partition coefficient (Wildman–Crippen LogP) is 8.37. The summed E-state index contributed by atoms with van der Waals surface area (Å²) in [4.78, 5) is 0. The number of benzene rings is 2. The quantitative estimate of drug-likeness (QED) is 0.430. The fraction of sp³-hybridized carbons (Fsp3) is 0.500. The average Bonchev–Trinajstić information content (AvgIpc) is 2.83. The van der Waals surface area contributed by atoms with Crippen LogP contribution in [0.2, 0.25) is 0 Å². The largest absolute Gasteiger partial charge is 0.493 e. The van der Waals surface area contributed by atoms with Crippen LogP contribution in [0.1, 0.15) is 76.9 Å². The molecule has 32 heavy (non-hydrogen) atoms. The number of hydrogen-bond donors (Lipinski definition) is 0. The van der Waals surface area contributed by atoms with Gasteiger partial charge in [0.05, 0.1) is 12.9 Å². The molecule has 0 radical (unpaired) electrons. The molecule has 2 aromatic carbocycles. The smallest absolute Gasteiger partial charge is 0.201 e. The number of halogens is 2. The second kappa shape index (κ2) is 10.5. The molecular formula is C28H34F2O2. The van der Waals surface area contributed by atoms with Crippen molar-refractivity contribution in [3.05, 3.63) is 65.4 Å². The summed E-state index contributed by atoms with van der Waals surface area (Å²) in [6, 6.07) is 10.7. The van der Waals surface area contributed by atoms with Crippen LogP contribution in [0.15, 0.2) is 48.2 Å². The van der Waals surface area contributed by atoms with Crippen molar-refractivity contribution in [3.63, 3.8) is 0 Å². The number of allylic oxidation sites excluding steroid dienone is 1. The Morgan fingerprint density at radius 3 is 2.28 bits per heavy atom. The van der Waals surface area contributed by atoms with E-state index in [0.717, 1.165) is 24.3 Å². The minimum absolute atomic E-state index is 0.0196. The first-order valence-electron chi connectivity index (χ1n) is 12.2. The van der Waals surface area contributed by atoms with Crippen molar-refractivity contribution >= 4 is 0 Å². The van der Waals surface area contributed by atoms with Gasteiger partial charge < -0.3 is 9.47 Å². The SMILES string of the molecule is CCCC1CCC(C2=COC(c3ccc(-c4ccc(OCC)c(F)c4F)cc3)CC2)CC1. The number of rotatable bonds is 7. The Hall–Kier alpha value is -2.36. The normalized spacial score (nSPS) is 23.4. The van der Waals surface area contributed by atoms with E-state index in [9.17, 15) is 8.78 Å². The molecule has 0 amide bonds. The topological polar surface area (TPSA) is 18.5 Å². The van der Waals surface area contributed by atoms with Crippen molar-refractivity contribution in [2.75, 3.05) is 6.61 Å². The van der Waals surface area contributed by atoms with Gasteiger partial charge in [-0.15, -0.1) is 0 Å². The summed E-state index contributed by atoms with van der Waals surface area (Å²) < 4.78 is 40.0. The third-order valence-electron chi connectivity index (χ3n) is 7.09. The van der Waals surface area contributed by atoms with Crippen LogP contribution in [-0.4, -0.2) is 6.61 Å². The van der Waals surface area contributed by atoms with Crippen LogP contribution in [-0.2, 0) is 4.74 Å². The van der Waals surface area contributed by atoms with Crippen molar-refractivity contribution in [2.24, 2.45) is 11.8 Å². The van der Waals surface area contributed by atoms with E-state index >= 15 is 0 Å². The lowest BCUT2D eigenvalue weighted by molar-refractivity contribution is 0.113. The Bertz CT molecular complexity index is 927. The molecule has 2 aliphatic rings. The van der Waals surface area contributed by atoms with Crippen molar-refractivity contribution in [3.8, 4) is 16.9 Å². The van der Waals surface area contributed by atoms with E-state index in [4.69, 9.17) is 9.47 Å². The fourth-order valence-corrected chi connectivity index (χ4v) is 5.27. The van der Waals surface area contributed by atoms with Gasteiger partial charge in [0.25, 0.3) is 0 Å².